The summed E-state index contributed by atoms with van der Waals surface area (Å²) in [5, 5.41) is 3.02. The molecule has 0 aliphatic heterocycles. The Labute approximate surface area is 305 Å². The van der Waals surface area contributed by atoms with Crippen molar-refractivity contribution < 1.29 is 4.42 Å². The van der Waals surface area contributed by atoms with Gasteiger partial charge in [-0.3, -0.25) is 0 Å². The average molecular weight is 679 g/mol. The molecule has 53 heavy (non-hydrogen) atoms. The predicted octanol–water partition coefficient (Wildman–Crippen LogP) is 12.3. The Hall–Kier alpha value is -7.24. The first-order valence-electron chi connectivity index (χ1n) is 17.6. The van der Waals surface area contributed by atoms with Crippen molar-refractivity contribution in [2.75, 3.05) is 0 Å². The largest absolute Gasteiger partial charge is 0.455 e. The molecule has 5 heteroatoms. The molecule has 7 aromatic carbocycles. The van der Waals surface area contributed by atoms with E-state index < -0.39 is 0 Å². The molecule has 0 amide bonds. The molecule has 0 unspecified atom stereocenters. The minimum absolute atomic E-state index is 0.602. The molecule has 0 saturated carbocycles. The third-order valence-electron chi connectivity index (χ3n) is 9.75. The number of fused-ring (bicyclic) bond motifs is 5. The maximum atomic E-state index is 6.54. The first-order chi connectivity index (χ1) is 26.2. The van der Waals surface area contributed by atoms with E-state index in [2.05, 4.69) is 121 Å². The summed E-state index contributed by atoms with van der Waals surface area (Å²) in [4.78, 5) is 20.2. The molecule has 0 saturated heterocycles. The molecule has 0 spiro atoms. The molecule has 0 radical (unpaired) electrons. The quantitative estimate of drug-likeness (QED) is 0.175. The summed E-state index contributed by atoms with van der Waals surface area (Å²) in [7, 11) is 0. The van der Waals surface area contributed by atoms with E-state index in [9.17, 15) is 0 Å². The van der Waals surface area contributed by atoms with Gasteiger partial charge in [-0.25, -0.2) is 19.9 Å². The Kier molecular flexibility index (Phi) is 7.40. The third kappa shape index (κ3) is 5.61. The molecular weight excluding hydrogens is 649 g/mol. The van der Waals surface area contributed by atoms with Crippen LogP contribution in [0, 0.1) is 0 Å². The summed E-state index contributed by atoms with van der Waals surface area (Å²) in [6, 6.07) is 62.1. The van der Waals surface area contributed by atoms with Gasteiger partial charge in [0, 0.05) is 33.0 Å². The smallest absolute Gasteiger partial charge is 0.164 e. The molecule has 5 nitrogen and oxygen atoms in total. The number of hydrogen-bond donors (Lipinski definition) is 0. The Morgan fingerprint density at radius 2 is 0.755 bits per heavy atom. The van der Waals surface area contributed by atoms with Crippen LogP contribution in [0.25, 0.3) is 101 Å². The van der Waals surface area contributed by atoms with E-state index >= 15 is 0 Å². The van der Waals surface area contributed by atoms with Crippen LogP contribution in [-0.4, -0.2) is 19.9 Å². The van der Waals surface area contributed by atoms with Crippen LogP contribution in [0.1, 0.15) is 0 Å². The normalized spacial score (nSPS) is 11.4. The van der Waals surface area contributed by atoms with Gasteiger partial charge in [-0.2, -0.15) is 0 Å². The van der Waals surface area contributed by atoms with E-state index in [1.807, 2.05) is 60.7 Å². The highest BCUT2D eigenvalue weighted by Gasteiger charge is 2.19. The highest BCUT2D eigenvalue weighted by Crippen LogP contribution is 2.40. The van der Waals surface area contributed by atoms with Gasteiger partial charge in [-0.15, -0.1) is 0 Å². The highest BCUT2D eigenvalue weighted by atomic mass is 16.3. The molecule has 3 heterocycles. The second-order valence-corrected chi connectivity index (χ2v) is 13.1. The molecule has 3 aromatic heterocycles. The van der Waals surface area contributed by atoms with E-state index in [4.69, 9.17) is 24.4 Å². The Bertz CT molecular complexity index is 2900. The molecule has 10 rings (SSSR count). The summed E-state index contributed by atoms with van der Waals surface area (Å²) in [5.41, 5.74) is 11.7. The average Bonchev–Trinajstić information content (AvgIpc) is 3.64. The van der Waals surface area contributed by atoms with Crippen LogP contribution in [0.3, 0.4) is 0 Å². The fraction of sp³-hybridized carbons (Fsp3) is 0. The lowest BCUT2D eigenvalue weighted by Gasteiger charge is -2.11. The predicted molar refractivity (Wildman–Crippen MR) is 215 cm³/mol. The van der Waals surface area contributed by atoms with Crippen molar-refractivity contribution in [3.63, 3.8) is 0 Å². The van der Waals surface area contributed by atoms with Crippen molar-refractivity contribution in [3.8, 4) is 67.7 Å². The van der Waals surface area contributed by atoms with Gasteiger partial charge >= 0.3 is 0 Å². The van der Waals surface area contributed by atoms with E-state index in [1.54, 1.807) is 0 Å². The van der Waals surface area contributed by atoms with Gasteiger partial charge in [0.2, 0.25) is 0 Å². The Morgan fingerprint density at radius 3 is 1.36 bits per heavy atom. The SMILES string of the molecule is c1ccc(-c2ccc(-c3nc(-c4ccccc4)nc(-c4ccc(-c5nc6cc(-c7ccccc7)ccc6c6oc7ccccc7c56)cc4)n3)cc2)cc1. The number of furan rings is 1. The standard InChI is InChI=1S/C48H30N4O/c1-4-12-31(13-5-1)33-20-24-36(25-21-33)47-50-46(35-16-8-3-9-17-35)51-48(52-47)37-26-22-34(23-27-37)44-43-40-18-10-11-19-42(40)53-45(43)39-29-28-38(30-41(39)49-44)32-14-6-2-7-15-32/h1-30H. The first kappa shape index (κ1) is 30.6. The zero-order chi connectivity index (χ0) is 35.1. The number of pyridine rings is 1. The Balaban J connectivity index is 1.09. The van der Waals surface area contributed by atoms with Gasteiger partial charge in [0.05, 0.1) is 16.6 Å². The zero-order valence-corrected chi connectivity index (χ0v) is 28.5. The summed E-state index contributed by atoms with van der Waals surface area (Å²) in [6.07, 6.45) is 0. The number of aromatic nitrogens is 4. The lowest BCUT2D eigenvalue weighted by Crippen LogP contribution is -2.00. The van der Waals surface area contributed by atoms with Gasteiger partial charge in [-0.1, -0.05) is 164 Å². The van der Waals surface area contributed by atoms with E-state index in [0.29, 0.717) is 17.5 Å². The van der Waals surface area contributed by atoms with E-state index in [-0.39, 0.29) is 0 Å². The summed E-state index contributed by atoms with van der Waals surface area (Å²) < 4.78 is 6.54. The summed E-state index contributed by atoms with van der Waals surface area (Å²) in [5.74, 6) is 1.85. The van der Waals surface area contributed by atoms with Gasteiger partial charge in [0.25, 0.3) is 0 Å². The van der Waals surface area contributed by atoms with Crippen molar-refractivity contribution in [2.45, 2.75) is 0 Å². The number of para-hydroxylation sites is 1. The van der Waals surface area contributed by atoms with Crippen LogP contribution >= 0.6 is 0 Å². The van der Waals surface area contributed by atoms with Gasteiger partial charge in [-0.05, 0) is 40.5 Å². The molecular formula is C48H30N4O. The van der Waals surface area contributed by atoms with E-state index in [1.165, 1.54) is 5.56 Å². The summed E-state index contributed by atoms with van der Waals surface area (Å²) in [6.45, 7) is 0. The van der Waals surface area contributed by atoms with Crippen molar-refractivity contribution >= 4 is 32.8 Å². The second-order valence-electron chi connectivity index (χ2n) is 13.1. The molecule has 0 aliphatic carbocycles. The van der Waals surface area contributed by atoms with Gasteiger partial charge < -0.3 is 4.42 Å². The molecule has 0 aliphatic rings. The fourth-order valence-electron chi connectivity index (χ4n) is 7.05. The molecule has 10 aromatic rings. The fourth-order valence-corrected chi connectivity index (χ4v) is 7.05. The van der Waals surface area contributed by atoms with E-state index in [0.717, 1.165) is 77.5 Å². The van der Waals surface area contributed by atoms with Crippen molar-refractivity contribution in [3.05, 3.63) is 182 Å². The van der Waals surface area contributed by atoms with Crippen molar-refractivity contribution in [1.82, 2.24) is 19.9 Å². The highest BCUT2D eigenvalue weighted by molar-refractivity contribution is 6.19. The lowest BCUT2D eigenvalue weighted by atomic mass is 9.99. The number of hydrogen-bond acceptors (Lipinski definition) is 5. The molecule has 248 valence electrons. The first-order valence-corrected chi connectivity index (χ1v) is 17.6. The monoisotopic (exact) mass is 678 g/mol. The number of benzene rings is 7. The minimum atomic E-state index is 0.602. The zero-order valence-electron chi connectivity index (χ0n) is 28.5. The minimum Gasteiger partial charge on any atom is -0.455 e. The number of rotatable bonds is 6. The molecule has 0 atom stereocenters. The maximum Gasteiger partial charge on any atom is 0.164 e. The van der Waals surface area contributed by atoms with Crippen LogP contribution in [0.2, 0.25) is 0 Å². The van der Waals surface area contributed by atoms with Crippen LogP contribution in [-0.2, 0) is 0 Å². The molecule has 0 fully saturated rings. The molecule has 0 bridgehead atoms. The van der Waals surface area contributed by atoms with Crippen LogP contribution < -0.4 is 0 Å². The second kappa shape index (κ2) is 12.8. The van der Waals surface area contributed by atoms with Crippen LogP contribution in [0.4, 0.5) is 0 Å². The number of nitrogens with zero attached hydrogens (tertiary/aromatic N) is 4. The maximum absolute atomic E-state index is 6.54. The van der Waals surface area contributed by atoms with Crippen LogP contribution in [0.5, 0.6) is 0 Å². The molecule has 0 N–H and O–H groups in total. The van der Waals surface area contributed by atoms with Crippen LogP contribution in [0.15, 0.2) is 186 Å². The Morgan fingerprint density at radius 1 is 0.321 bits per heavy atom. The van der Waals surface area contributed by atoms with Crippen molar-refractivity contribution in [2.24, 2.45) is 0 Å². The third-order valence-corrected chi connectivity index (χ3v) is 9.75. The van der Waals surface area contributed by atoms with Gasteiger partial charge in [0.15, 0.2) is 17.5 Å². The topological polar surface area (TPSA) is 64.7 Å². The van der Waals surface area contributed by atoms with Gasteiger partial charge in [0.1, 0.15) is 11.2 Å². The lowest BCUT2D eigenvalue weighted by molar-refractivity contribution is 0.672. The summed E-state index contributed by atoms with van der Waals surface area (Å²) >= 11 is 0. The van der Waals surface area contributed by atoms with Crippen molar-refractivity contribution in [1.29, 1.82) is 0 Å².